The average Bonchev–Trinajstić information content (AvgIpc) is 2.60. The number of rotatable bonds is 5. The molecule has 0 aliphatic heterocycles. The van der Waals surface area contributed by atoms with E-state index in [-0.39, 0.29) is 11.9 Å². The number of carbonyl (C=O) groups is 1. The highest BCUT2D eigenvalue weighted by Gasteiger charge is 2.14. The van der Waals surface area contributed by atoms with Crippen LogP contribution in [-0.2, 0) is 13.5 Å². The first-order chi connectivity index (χ1) is 7.58. The zero-order valence-electron chi connectivity index (χ0n) is 9.96. The SMILES string of the molecule is CCc1cc(C(=O)NC(C)CCBr)n(C)n1. The van der Waals surface area contributed by atoms with E-state index in [4.69, 9.17) is 0 Å². The van der Waals surface area contributed by atoms with Gasteiger partial charge in [-0.3, -0.25) is 9.48 Å². The Morgan fingerprint density at radius 1 is 1.69 bits per heavy atom. The number of hydrogen-bond acceptors (Lipinski definition) is 2. The molecule has 1 unspecified atom stereocenters. The van der Waals surface area contributed by atoms with Crippen LogP contribution in [0.3, 0.4) is 0 Å². The van der Waals surface area contributed by atoms with Crippen molar-refractivity contribution >= 4 is 21.8 Å². The standard InChI is InChI=1S/C11H18BrN3O/c1-4-9-7-10(15(3)14-9)11(16)13-8(2)5-6-12/h7-8H,4-6H2,1-3H3,(H,13,16). The van der Waals surface area contributed by atoms with Gasteiger partial charge < -0.3 is 5.32 Å². The largest absolute Gasteiger partial charge is 0.348 e. The summed E-state index contributed by atoms with van der Waals surface area (Å²) in [5, 5.41) is 8.08. The molecule has 0 aromatic carbocycles. The Labute approximate surface area is 105 Å². The molecule has 5 heteroatoms. The lowest BCUT2D eigenvalue weighted by Crippen LogP contribution is -2.33. The van der Waals surface area contributed by atoms with Crippen molar-refractivity contribution in [2.75, 3.05) is 5.33 Å². The van der Waals surface area contributed by atoms with Crippen LogP contribution in [0.15, 0.2) is 6.07 Å². The fourth-order valence-corrected chi connectivity index (χ4v) is 2.13. The van der Waals surface area contributed by atoms with E-state index in [1.54, 1.807) is 11.7 Å². The molecule has 4 nitrogen and oxygen atoms in total. The van der Waals surface area contributed by atoms with Gasteiger partial charge in [-0.15, -0.1) is 0 Å². The molecule has 1 aromatic rings. The number of amides is 1. The first-order valence-electron chi connectivity index (χ1n) is 5.48. The van der Waals surface area contributed by atoms with Crippen molar-refractivity contribution in [1.29, 1.82) is 0 Å². The van der Waals surface area contributed by atoms with Gasteiger partial charge in [-0.05, 0) is 25.8 Å². The summed E-state index contributed by atoms with van der Waals surface area (Å²) in [5.74, 6) is -0.0526. The first kappa shape index (κ1) is 13.2. The average molecular weight is 288 g/mol. The Balaban J connectivity index is 2.68. The van der Waals surface area contributed by atoms with Crippen LogP contribution in [0.5, 0.6) is 0 Å². The summed E-state index contributed by atoms with van der Waals surface area (Å²) in [4.78, 5) is 11.9. The Kier molecular flexibility index (Phi) is 4.99. The van der Waals surface area contributed by atoms with E-state index >= 15 is 0 Å². The number of hydrogen-bond donors (Lipinski definition) is 1. The van der Waals surface area contributed by atoms with E-state index in [9.17, 15) is 4.79 Å². The summed E-state index contributed by atoms with van der Waals surface area (Å²) in [6.45, 7) is 4.02. The minimum absolute atomic E-state index is 0.0526. The van der Waals surface area contributed by atoms with Crippen LogP contribution >= 0.6 is 15.9 Å². The normalized spacial score (nSPS) is 12.5. The van der Waals surface area contributed by atoms with Crippen molar-refractivity contribution in [3.8, 4) is 0 Å². The maximum absolute atomic E-state index is 11.9. The molecule has 1 amide bonds. The van der Waals surface area contributed by atoms with Crippen LogP contribution < -0.4 is 5.32 Å². The lowest BCUT2D eigenvalue weighted by Gasteiger charge is -2.11. The number of carbonyl (C=O) groups excluding carboxylic acids is 1. The topological polar surface area (TPSA) is 46.9 Å². The van der Waals surface area contributed by atoms with Gasteiger partial charge in [-0.1, -0.05) is 22.9 Å². The predicted molar refractivity (Wildman–Crippen MR) is 67.9 cm³/mol. The summed E-state index contributed by atoms with van der Waals surface area (Å²) >= 11 is 3.36. The maximum Gasteiger partial charge on any atom is 0.269 e. The molecule has 1 heterocycles. The van der Waals surface area contributed by atoms with Crippen LogP contribution in [0, 0.1) is 0 Å². The Morgan fingerprint density at radius 3 is 2.88 bits per heavy atom. The molecule has 0 aliphatic carbocycles. The third-order valence-electron chi connectivity index (χ3n) is 2.44. The van der Waals surface area contributed by atoms with Crippen molar-refractivity contribution in [2.24, 2.45) is 7.05 Å². The number of nitrogens with zero attached hydrogens (tertiary/aromatic N) is 2. The Morgan fingerprint density at radius 2 is 2.38 bits per heavy atom. The van der Waals surface area contributed by atoms with Gasteiger partial charge in [-0.2, -0.15) is 5.10 Å². The molecular weight excluding hydrogens is 270 g/mol. The lowest BCUT2D eigenvalue weighted by molar-refractivity contribution is 0.0930. The molecule has 1 rings (SSSR count). The molecule has 0 saturated carbocycles. The second-order valence-corrected chi connectivity index (χ2v) is 4.64. The summed E-state index contributed by atoms with van der Waals surface area (Å²) in [6.07, 6.45) is 1.77. The fourth-order valence-electron chi connectivity index (χ4n) is 1.45. The van der Waals surface area contributed by atoms with E-state index in [0.717, 1.165) is 23.9 Å². The van der Waals surface area contributed by atoms with Crippen LogP contribution in [-0.4, -0.2) is 27.1 Å². The molecular formula is C11H18BrN3O. The summed E-state index contributed by atoms with van der Waals surface area (Å²) in [7, 11) is 1.79. The zero-order chi connectivity index (χ0) is 12.1. The van der Waals surface area contributed by atoms with E-state index in [2.05, 4.69) is 26.3 Å². The van der Waals surface area contributed by atoms with E-state index < -0.39 is 0 Å². The van der Waals surface area contributed by atoms with Crippen molar-refractivity contribution < 1.29 is 4.79 Å². The lowest BCUT2D eigenvalue weighted by atomic mass is 10.2. The van der Waals surface area contributed by atoms with E-state index in [1.807, 2.05) is 19.9 Å². The third-order valence-corrected chi connectivity index (χ3v) is 2.90. The Hall–Kier alpha value is -0.840. The number of aromatic nitrogens is 2. The highest BCUT2D eigenvalue weighted by Crippen LogP contribution is 2.05. The quantitative estimate of drug-likeness (QED) is 0.841. The molecule has 0 aliphatic rings. The summed E-state index contributed by atoms with van der Waals surface area (Å²) < 4.78 is 1.63. The second kappa shape index (κ2) is 6.03. The number of halogens is 1. The van der Waals surface area contributed by atoms with Gasteiger partial charge in [0, 0.05) is 18.4 Å². The number of aryl methyl sites for hydroxylation is 2. The highest BCUT2D eigenvalue weighted by atomic mass is 79.9. The monoisotopic (exact) mass is 287 g/mol. The van der Waals surface area contributed by atoms with Gasteiger partial charge in [-0.25, -0.2) is 0 Å². The molecule has 0 spiro atoms. The minimum atomic E-state index is -0.0526. The van der Waals surface area contributed by atoms with Crippen molar-refractivity contribution in [3.63, 3.8) is 0 Å². The van der Waals surface area contributed by atoms with E-state index in [1.165, 1.54) is 0 Å². The number of alkyl halides is 1. The van der Waals surface area contributed by atoms with Gasteiger partial charge in [0.05, 0.1) is 5.69 Å². The summed E-state index contributed by atoms with van der Waals surface area (Å²) in [5.41, 5.74) is 1.57. The third kappa shape index (κ3) is 3.33. The van der Waals surface area contributed by atoms with Gasteiger partial charge in [0.2, 0.25) is 0 Å². The predicted octanol–water partition coefficient (Wildman–Crippen LogP) is 1.89. The van der Waals surface area contributed by atoms with Gasteiger partial charge in [0.25, 0.3) is 5.91 Å². The maximum atomic E-state index is 11.9. The second-order valence-electron chi connectivity index (χ2n) is 3.85. The van der Waals surface area contributed by atoms with Crippen LogP contribution in [0.25, 0.3) is 0 Å². The Bertz CT molecular complexity index is 362. The molecule has 0 saturated heterocycles. The van der Waals surface area contributed by atoms with E-state index in [0.29, 0.717) is 5.69 Å². The molecule has 90 valence electrons. The fraction of sp³-hybridized carbons (Fsp3) is 0.636. The highest BCUT2D eigenvalue weighted by molar-refractivity contribution is 9.09. The number of nitrogens with one attached hydrogen (secondary N) is 1. The van der Waals surface area contributed by atoms with Crippen molar-refractivity contribution in [2.45, 2.75) is 32.7 Å². The van der Waals surface area contributed by atoms with Gasteiger partial charge in [0.15, 0.2) is 0 Å². The van der Waals surface area contributed by atoms with Gasteiger partial charge in [0.1, 0.15) is 5.69 Å². The molecule has 1 aromatic heterocycles. The minimum Gasteiger partial charge on any atom is -0.348 e. The zero-order valence-corrected chi connectivity index (χ0v) is 11.5. The smallest absolute Gasteiger partial charge is 0.269 e. The van der Waals surface area contributed by atoms with Crippen LogP contribution in [0.1, 0.15) is 36.5 Å². The molecule has 1 atom stereocenters. The molecule has 0 bridgehead atoms. The van der Waals surface area contributed by atoms with Crippen molar-refractivity contribution in [1.82, 2.24) is 15.1 Å². The molecule has 0 fully saturated rings. The molecule has 16 heavy (non-hydrogen) atoms. The van der Waals surface area contributed by atoms with Crippen LogP contribution in [0.2, 0.25) is 0 Å². The van der Waals surface area contributed by atoms with Crippen molar-refractivity contribution in [3.05, 3.63) is 17.5 Å². The van der Waals surface area contributed by atoms with Gasteiger partial charge >= 0.3 is 0 Å². The first-order valence-corrected chi connectivity index (χ1v) is 6.60. The summed E-state index contributed by atoms with van der Waals surface area (Å²) in [6, 6.07) is 2.02. The van der Waals surface area contributed by atoms with Crippen LogP contribution in [0.4, 0.5) is 0 Å². The molecule has 0 radical (unpaired) electrons. The molecule has 1 N–H and O–H groups in total.